The van der Waals surface area contributed by atoms with Crippen LogP contribution in [0.5, 0.6) is 0 Å². The normalized spacial score (nSPS) is 13.4. The van der Waals surface area contributed by atoms with Gasteiger partial charge in [-0.2, -0.15) is 0 Å². The number of nitrogens with two attached hydrogens (primary N) is 2. The third-order valence-electron chi connectivity index (χ3n) is 1.97. The minimum atomic E-state index is 0.426. The average molecular weight is 216 g/mol. The van der Waals surface area contributed by atoms with Gasteiger partial charge in [0.2, 0.25) is 0 Å². The predicted octanol–water partition coefficient (Wildman–Crippen LogP) is 2.80. The highest BCUT2D eigenvalue weighted by atomic mass is 16.3. The van der Waals surface area contributed by atoms with Gasteiger partial charge in [-0.15, -0.1) is 0 Å². The van der Waals surface area contributed by atoms with E-state index in [-0.39, 0.29) is 0 Å². The van der Waals surface area contributed by atoms with Gasteiger partial charge in [0, 0.05) is 6.42 Å². The third kappa shape index (κ3) is 4.37. The summed E-state index contributed by atoms with van der Waals surface area (Å²) in [6.07, 6.45) is 9.89. The van der Waals surface area contributed by atoms with E-state index in [1.54, 1.807) is 18.2 Å². The van der Waals surface area contributed by atoms with Crippen molar-refractivity contribution in [2.45, 2.75) is 6.42 Å². The van der Waals surface area contributed by atoms with Gasteiger partial charge < -0.3 is 16.6 Å². The van der Waals surface area contributed by atoms with Gasteiger partial charge in [0.15, 0.2) is 0 Å². The maximum atomic E-state index is 8.85. The van der Waals surface area contributed by atoms with Crippen LogP contribution in [-0.4, -0.2) is 5.11 Å². The van der Waals surface area contributed by atoms with E-state index in [4.69, 9.17) is 16.6 Å². The number of hydrogen-bond donors (Lipinski definition) is 3. The van der Waals surface area contributed by atoms with Crippen molar-refractivity contribution < 1.29 is 5.11 Å². The van der Waals surface area contributed by atoms with E-state index in [0.29, 0.717) is 23.6 Å². The van der Waals surface area contributed by atoms with E-state index in [9.17, 15) is 0 Å². The summed E-state index contributed by atoms with van der Waals surface area (Å²) in [5.74, 6) is 0.426. The van der Waals surface area contributed by atoms with Crippen LogP contribution in [0.2, 0.25) is 0 Å². The van der Waals surface area contributed by atoms with E-state index in [2.05, 4.69) is 0 Å². The highest BCUT2D eigenvalue weighted by Gasteiger charge is 1.86. The van der Waals surface area contributed by atoms with Crippen LogP contribution in [0.15, 0.2) is 60.4 Å². The van der Waals surface area contributed by atoms with Gasteiger partial charge in [-0.05, 0) is 18.2 Å². The molecule has 0 saturated heterocycles. The van der Waals surface area contributed by atoms with Crippen molar-refractivity contribution in [2.75, 3.05) is 11.5 Å². The number of aliphatic hydroxyl groups is 1. The van der Waals surface area contributed by atoms with E-state index < -0.39 is 0 Å². The molecule has 0 atom stereocenters. The largest absolute Gasteiger partial charge is 0.512 e. The molecule has 0 aliphatic heterocycles. The first kappa shape index (κ1) is 11.9. The molecule has 0 heterocycles. The second-order valence-corrected chi connectivity index (χ2v) is 3.30. The highest BCUT2D eigenvalue weighted by Crippen LogP contribution is 2.10. The maximum Gasteiger partial charge on any atom is 0.0960 e. The van der Waals surface area contributed by atoms with Gasteiger partial charge in [0.25, 0.3) is 0 Å². The Morgan fingerprint density at radius 3 is 2.12 bits per heavy atom. The first-order chi connectivity index (χ1) is 7.70. The summed E-state index contributed by atoms with van der Waals surface area (Å²) in [6, 6.07) is 7.25. The lowest BCUT2D eigenvalue weighted by Crippen LogP contribution is -1.91. The molecule has 0 bridgehead atoms. The van der Waals surface area contributed by atoms with Crippen LogP contribution in [0.4, 0.5) is 11.4 Å². The number of para-hydroxylation sites is 2. The molecule has 0 spiro atoms. The molecule has 5 N–H and O–H groups in total. The molecular formula is C13H16N2O. The topological polar surface area (TPSA) is 72.3 Å². The van der Waals surface area contributed by atoms with Crippen molar-refractivity contribution in [3.8, 4) is 0 Å². The molecule has 0 radical (unpaired) electrons. The zero-order chi connectivity index (χ0) is 11.8. The average Bonchev–Trinajstić information content (AvgIpc) is 2.51. The van der Waals surface area contributed by atoms with Crippen molar-refractivity contribution in [3.63, 3.8) is 0 Å². The fourth-order valence-electron chi connectivity index (χ4n) is 1.08. The Labute approximate surface area is 95.4 Å². The SMILES string of the molecule is Nc1ccccc1N.OC1=CC=CC=CC1. The van der Waals surface area contributed by atoms with Crippen molar-refractivity contribution in [1.82, 2.24) is 0 Å². The molecule has 1 aromatic rings. The summed E-state index contributed by atoms with van der Waals surface area (Å²) in [5.41, 5.74) is 12.1. The molecule has 2 rings (SSSR count). The molecule has 0 amide bonds. The maximum absolute atomic E-state index is 8.85. The molecule has 0 aromatic heterocycles. The van der Waals surface area contributed by atoms with Gasteiger partial charge in [-0.3, -0.25) is 0 Å². The van der Waals surface area contributed by atoms with Crippen molar-refractivity contribution >= 4 is 11.4 Å². The Kier molecular flexibility index (Phi) is 4.73. The van der Waals surface area contributed by atoms with Crippen LogP contribution in [0.25, 0.3) is 0 Å². The second-order valence-electron chi connectivity index (χ2n) is 3.30. The molecule has 84 valence electrons. The molecule has 0 saturated carbocycles. The Hall–Kier alpha value is -2.16. The Balaban J connectivity index is 0.000000160. The Morgan fingerprint density at radius 2 is 1.56 bits per heavy atom. The van der Waals surface area contributed by atoms with Crippen molar-refractivity contribution in [2.24, 2.45) is 0 Å². The van der Waals surface area contributed by atoms with Crippen LogP contribution in [-0.2, 0) is 0 Å². The molecular weight excluding hydrogens is 200 g/mol. The molecule has 1 aliphatic rings. The molecule has 3 heteroatoms. The fraction of sp³-hybridized carbons (Fsp3) is 0.0769. The number of benzene rings is 1. The van der Waals surface area contributed by atoms with Crippen LogP contribution < -0.4 is 11.5 Å². The molecule has 1 aliphatic carbocycles. The molecule has 0 unspecified atom stereocenters. The van der Waals surface area contributed by atoms with Crippen LogP contribution in [0, 0.1) is 0 Å². The number of allylic oxidation sites excluding steroid dienone is 5. The molecule has 3 nitrogen and oxygen atoms in total. The van der Waals surface area contributed by atoms with E-state index in [0.717, 1.165) is 0 Å². The highest BCUT2D eigenvalue weighted by molar-refractivity contribution is 5.62. The van der Waals surface area contributed by atoms with Gasteiger partial charge >= 0.3 is 0 Å². The number of anilines is 2. The monoisotopic (exact) mass is 216 g/mol. The van der Waals surface area contributed by atoms with E-state index in [1.807, 2.05) is 36.4 Å². The summed E-state index contributed by atoms with van der Waals surface area (Å²) >= 11 is 0. The number of aliphatic hydroxyl groups excluding tert-OH is 1. The molecule has 16 heavy (non-hydrogen) atoms. The number of nitrogen functional groups attached to an aromatic ring is 2. The third-order valence-corrected chi connectivity index (χ3v) is 1.97. The summed E-state index contributed by atoms with van der Waals surface area (Å²) in [5, 5.41) is 8.85. The smallest absolute Gasteiger partial charge is 0.0960 e. The quantitative estimate of drug-likeness (QED) is 0.584. The Morgan fingerprint density at radius 1 is 0.938 bits per heavy atom. The van der Waals surface area contributed by atoms with Crippen molar-refractivity contribution in [1.29, 1.82) is 0 Å². The summed E-state index contributed by atoms with van der Waals surface area (Å²) in [4.78, 5) is 0. The van der Waals surface area contributed by atoms with Gasteiger partial charge in [0.1, 0.15) is 0 Å². The van der Waals surface area contributed by atoms with Gasteiger partial charge in [0.05, 0.1) is 17.1 Å². The lowest BCUT2D eigenvalue weighted by atomic mass is 10.3. The fourth-order valence-corrected chi connectivity index (χ4v) is 1.08. The first-order valence-electron chi connectivity index (χ1n) is 5.01. The molecule has 0 fully saturated rings. The lowest BCUT2D eigenvalue weighted by molar-refractivity contribution is 0.402. The minimum Gasteiger partial charge on any atom is -0.512 e. The second kappa shape index (κ2) is 6.35. The van der Waals surface area contributed by atoms with E-state index >= 15 is 0 Å². The van der Waals surface area contributed by atoms with Gasteiger partial charge in [-0.25, -0.2) is 0 Å². The Bertz CT molecular complexity index is 399. The van der Waals surface area contributed by atoms with Crippen LogP contribution in [0.3, 0.4) is 0 Å². The zero-order valence-electron chi connectivity index (χ0n) is 9.01. The van der Waals surface area contributed by atoms with E-state index in [1.165, 1.54) is 0 Å². The van der Waals surface area contributed by atoms with Crippen molar-refractivity contribution in [3.05, 3.63) is 60.4 Å². The number of hydrogen-bond acceptors (Lipinski definition) is 3. The predicted molar refractivity (Wildman–Crippen MR) is 68.9 cm³/mol. The standard InChI is InChI=1S/C7H8O.C6H8N2/c8-7-5-3-1-2-4-6-7;7-5-3-1-2-4-6(5)8/h1-5,8H,6H2;1-4H,7-8H2. The lowest BCUT2D eigenvalue weighted by Gasteiger charge is -1.94. The minimum absolute atomic E-state index is 0.426. The van der Waals surface area contributed by atoms with Crippen LogP contribution >= 0.6 is 0 Å². The number of rotatable bonds is 0. The van der Waals surface area contributed by atoms with Crippen LogP contribution in [0.1, 0.15) is 6.42 Å². The zero-order valence-corrected chi connectivity index (χ0v) is 9.01. The van der Waals surface area contributed by atoms with Gasteiger partial charge in [-0.1, -0.05) is 36.4 Å². The summed E-state index contributed by atoms with van der Waals surface area (Å²) < 4.78 is 0. The molecule has 1 aromatic carbocycles. The summed E-state index contributed by atoms with van der Waals surface area (Å²) in [7, 11) is 0. The first-order valence-corrected chi connectivity index (χ1v) is 5.01. The summed E-state index contributed by atoms with van der Waals surface area (Å²) in [6.45, 7) is 0.